The van der Waals surface area contributed by atoms with E-state index >= 15 is 0 Å². The molecule has 0 aliphatic carbocycles. The van der Waals surface area contributed by atoms with Crippen molar-refractivity contribution >= 4 is 17.2 Å². The molecule has 1 aliphatic heterocycles. The van der Waals surface area contributed by atoms with Gasteiger partial charge in [-0.05, 0) is 17.4 Å². The van der Waals surface area contributed by atoms with E-state index in [1.807, 2.05) is 11.4 Å². The molecule has 1 unspecified atom stereocenters. The molecule has 2 N–H and O–H groups in total. The lowest BCUT2D eigenvalue weighted by molar-refractivity contribution is -0.125. The molecule has 0 radical (unpaired) electrons. The van der Waals surface area contributed by atoms with Crippen molar-refractivity contribution in [3.63, 3.8) is 0 Å². The van der Waals surface area contributed by atoms with Gasteiger partial charge >= 0.3 is 0 Å². The van der Waals surface area contributed by atoms with E-state index in [4.69, 9.17) is 5.11 Å². The smallest absolute Gasteiger partial charge is 0.234 e. The summed E-state index contributed by atoms with van der Waals surface area (Å²) in [5.74, 6) is 0.804. The molecule has 1 aliphatic rings. The lowest BCUT2D eigenvalue weighted by Crippen LogP contribution is -2.52. The fraction of sp³-hybridized carbons (Fsp3) is 0.643. The van der Waals surface area contributed by atoms with Gasteiger partial charge in [0.1, 0.15) is 0 Å². The average Bonchev–Trinajstić information content (AvgIpc) is 2.83. The number of carbonyl (C=O) groups is 1. The maximum atomic E-state index is 12.0. The van der Waals surface area contributed by atoms with Crippen molar-refractivity contribution in [1.82, 2.24) is 10.2 Å². The first-order chi connectivity index (χ1) is 9.10. The number of aliphatic hydroxyl groups excluding tert-OH is 1. The number of likely N-dealkylation sites (tertiary alicyclic amines) is 1. The Labute approximate surface area is 118 Å². The van der Waals surface area contributed by atoms with Gasteiger partial charge in [0.2, 0.25) is 5.91 Å². The van der Waals surface area contributed by atoms with Crippen LogP contribution in [0.1, 0.15) is 24.8 Å². The number of hydrogen-bond donors (Lipinski definition) is 2. The average molecular weight is 282 g/mol. The van der Waals surface area contributed by atoms with Gasteiger partial charge in [0.25, 0.3) is 0 Å². The summed E-state index contributed by atoms with van der Waals surface area (Å²) in [6, 6.07) is 4.19. The van der Waals surface area contributed by atoms with Gasteiger partial charge < -0.3 is 10.4 Å². The summed E-state index contributed by atoms with van der Waals surface area (Å²) in [6.45, 7) is 6.56. The van der Waals surface area contributed by atoms with Crippen molar-refractivity contribution < 1.29 is 9.90 Å². The van der Waals surface area contributed by atoms with Crippen LogP contribution in [0.4, 0.5) is 0 Å². The minimum Gasteiger partial charge on any atom is -0.396 e. The largest absolute Gasteiger partial charge is 0.396 e. The Hall–Kier alpha value is -0.910. The van der Waals surface area contributed by atoms with Crippen molar-refractivity contribution in [2.24, 2.45) is 11.8 Å². The van der Waals surface area contributed by atoms with Crippen LogP contribution in [0.5, 0.6) is 0 Å². The second kappa shape index (κ2) is 6.50. The minimum atomic E-state index is 0.0727. The Morgan fingerprint density at radius 1 is 1.58 bits per heavy atom. The molecule has 5 heteroatoms. The van der Waals surface area contributed by atoms with E-state index < -0.39 is 0 Å². The van der Waals surface area contributed by atoms with Crippen LogP contribution in [-0.4, -0.2) is 42.2 Å². The topological polar surface area (TPSA) is 52.6 Å². The van der Waals surface area contributed by atoms with E-state index in [2.05, 4.69) is 30.1 Å². The van der Waals surface area contributed by atoms with Crippen LogP contribution >= 0.6 is 11.3 Å². The summed E-state index contributed by atoms with van der Waals surface area (Å²) in [4.78, 5) is 15.3. The van der Waals surface area contributed by atoms with Crippen LogP contribution < -0.4 is 5.32 Å². The van der Waals surface area contributed by atoms with E-state index in [1.54, 1.807) is 11.3 Å². The van der Waals surface area contributed by atoms with Crippen LogP contribution in [0, 0.1) is 11.8 Å². The normalized spacial score (nSPS) is 18.3. The quantitative estimate of drug-likeness (QED) is 0.831. The Balaban J connectivity index is 1.83. The third kappa shape index (κ3) is 3.78. The molecule has 1 saturated heterocycles. The van der Waals surface area contributed by atoms with Gasteiger partial charge in [0.15, 0.2) is 0 Å². The zero-order chi connectivity index (χ0) is 13.8. The van der Waals surface area contributed by atoms with Gasteiger partial charge in [-0.15, -0.1) is 11.3 Å². The molecule has 0 aromatic carbocycles. The fourth-order valence-corrected chi connectivity index (χ4v) is 3.33. The summed E-state index contributed by atoms with van der Waals surface area (Å²) in [5.41, 5.74) is 0. The second-order valence-corrected chi connectivity index (χ2v) is 6.53. The molecule has 0 saturated carbocycles. The highest BCUT2D eigenvalue weighted by Gasteiger charge is 2.28. The third-order valence-corrected chi connectivity index (χ3v) is 4.45. The second-order valence-electron chi connectivity index (χ2n) is 5.55. The number of hydrogen-bond acceptors (Lipinski definition) is 4. The van der Waals surface area contributed by atoms with E-state index in [0.29, 0.717) is 18.4 Å². The number of nitrogens with zero attached hydrogens (tertiary/aromatic N) is 1. The minimum absolute atomic E-state index is 0.0727. The predicted octanol–water partition coefficient (Wildman–Crippen LogP) is 1.49. The lowest BCUT2D eigenvalue weighted by atomic mass is 10.0. The van der Waals surface area contributed by atoms with Crippen molar-refractivity contribution in [2.75, 3.05) is 26.2 Å². The van der Waals surface area contributed by atoms with Crippen LogP contribution in [-0.2, 0) is 4.79 Å². The highest BCUT2D eigenvalue weighted by molar-refractivity contribution is 7.10. The molecule has 1 aromatic rings. The van der Waals surface area contributed by atoms with E-state index in [0.717, 1.165) is 13.1 Å². The number of rotatable bonds is 6. The molecular formula is C14H22N2O2S. The maximum absolute atomic E-state index is 12.0. The first-order valence-corrected chi connectivity index (χ1v) is 7.64. The molecule has 4 nitrogen and oxygen atoms in total. The fourth-order valence-electron chi connectivity index (χ4n) is 2.38. The van der Waals surface area contributed by atoms with Gasteiger partial charge in [-0.3, -0.25) is 9.69 Å². The van der Waals surface area contributed by atoms with E-state index in [1.165, 1.54) is 4.88 Å². The SMILES string of the molecule is CC(C)C(NC(=O)CN1CC(CO)C1)c1cccs1. The standard InChI is InChI=1S/C14H22N2O2S/c1-10(2)14(12-4-3-5-19-12)15-13(18)8-16-6-11(7-16)9-17/h3-5,10-11,14,17H,6-9H2,1-2H3,(H,15,18). The molecular weight excluding hydrogens is 260 g/mol. The zero-order valence-electron chi connectivity index (χ0n) is 11.5. The summed E-state index contributed by atoms with van der Waals surface area (Å²) in [5, 5.41) is 14.1. The summed E-state index contributed by atoms with van der Waals surface area (Å²) < 4.78 is 0. The van der Waals surface area contributed by atoms with Gasteiger partial charge in [-0.1, -0.05) is 19.9 Å². The molecule has 1 atom stereocenters. The Kier molecular flexibility index (Phi) is 4.96. The van der Waals surface area contributed by atoms with Crippen LogP contribution in [0.25, 0.3) is 0 Å². The molecule has 0 spiro atoms. The van der Waals surface area contributed by atoms with Crippen LogP contribution in [0.15, 0.2) is 17.5 Å². The molecule has 1 amide bonds. The van der Waals surface area contributed by atoms with Crippen molar-refractivity contribution in [2.45, 2.75) is 19.9 Å². The lowest BCUT2D eigenvalue weighted by Gasteiger charge is -2.38. The highest BCUT2D eigenvalue weighted by atomic mass is 32.1. The third-order valence-electron chi connectivity index (χ3n) is 3.49. The number of carbonyl (C=O) groups excluding carboxylic acids is 1. The number of nitrogens with one attached hydrogen (secondary N) is 1. The first-order valence-electron chi connectivity index (χ1n) is 6.76. The molecule has 0 bridgehead atoms. The van der Waals surface area contributed by atoms with Crippen LogP contribution in [0.2, 0.25) is 0 Å². The van der Waals surface area contributed by atoms with Gasteiger partial charge in [-0.25, -0.2) is 0 Å². The van der Waals surface area contributed by atoms with Gasteiger partial charge in [0, 0.05) is 30.5 Å². The number of aliphatic hydroxyl groups is 1. The predicted molar refractivity (Wildman–Crippen MR) is 77.1 cm³/mol. The zero-order valence-corrected chi connectivity index (χ0v) is 12.3. The van der Waals surface area contributed by atoms with Gasteiger partial charge in [-0.2, -0.15) is 0 Å². The number of thiophene rings is 1. The Morgan fingerprint density at radius 2 is 2.32 bits per heavy atom. The highest BCUT2D eigenvalue weighted by Crippen LogP contribution is 2.25. The summed E-state index contributed by atoms with van der Waals surface area (Å²) >= 11 is 1.68. The Morgan fingerprint density at radius 3 is 2.84 bits per heavy atom. The van der Waals surface area contributed by atoms with Crippen molar-refractivity contribution in [3.8, 4) is 0 Å². The molecule has 1 fully saturated rings. The van der Waals surface area contributed by atoms with Crippen LogP contribution in [0.3, 0.4) is 0 Å². The van der Waals surface area contributed by atoms with Gasteiger partial charge in [0.05, 0.1) is 12.6 Å². The monoisotopic (exact) mass is 282 g/mol. The molecule has 2 heterocycles. The summed E-state index contributed by atoms with van der Waals surface area (Å²) in [7, 11) is 0. The van der Waals surface area contributed by atoms with Crippen molar-refractivity contribution in [1.29, 1.82) is 0 Å². The van der Waals surface area contributed by atoms with E-state index in [-0.39, 0.29) is 18.6 Å². The molecule has 19 heavy (non-hydrogen) atoms. The maximum Gasteiger partial charge on any atom is 0.234 e. The molecule has 106 valence electrons. The summed E-state index contributed by atoms with van der Waals surface area (Å²) in [6.07, 6.45) is 0. The number of amides is 1. The molecule has 1 aromatic heterocycles. The molecule has 2 rings (SSSR count). The first kappa shape index (κ1) is 14.5. The Bertz CT molecular complexity index is 400. The van der Waals surface area contributed by atoms with Crippen molar-refractivity contribution in [3.05, 3.63) is 22.4 Å². The van der Waals surface area contributed by atoms with E-state index in [9.17, 15) is 4.79 Å².